The summed E-state index contributed by atoms with van der Waals surface area (Å²) in [6.07, 6.45) is -1.35. The summed E-state index contributed by atoms with van der Waals surface area (Å²) < 4.78 is 30.3. The SMILES string of the molecule is OCC1OCCNCC1(F)F. The van der Waals surface area contributed by atoms with Gasteiger partial charge in [-0.15, -0.1) is 0 Å². The molecule has 0 radical (unpaired) electrons. The third-order valence-electron chi connectivity index (χ3n) is 1.60. The number of ether oxygens (including phenoxy) is 1. The lowest BCUT2D eigenvalue weighted by molar-refractivity contribution is -0.136. The molecule has 1 saturated heterocycles. The second-order valence-corrected chi connectivity index (χ2v) is 2.48. The van der Waals surface area contributed by atoms with Crippen LogP contribution in [0.4, 0.5) is 8.78 Å². The van der Waals surface area contributed by atoms with Crippen LogP contribution in [0.15, 0.2) is 0 Å². The highest BCUT2D eigenvalue weighted by Crippen LogP contribution is 2.21. The molecule has 0 saturated carbocycles. The van der Waals surface area contributed by atoms with Gasteiger partial charge in [0.25, 0.3) is 5.92 Å². The number of hydrogen-bond donors (Lipinski definition) is 2. The molecule has 1 aliphatic heterocycles. The Morgan fingerprint density at radius 2 is 2.36 bits per heavy atom. The minimum atomic E-state index is -2.95. The topological polar surface area (TPSA) is 41.5 Å². The number of halogens is 2. The lowest BCUT2D eigenvalue weighted by atomic mass is 10.2. The average molecular weight is 167 g/mol. The van der Waals surface area contributed by atoms with Gasteiger partial charge in [-0.05, 0) is 0 Å². The van der Waals surface area contributed by atoms with Crippen LogP contribution in [-0.4, -0.2) is 43.4 Å². The van der Waals surface area contributed by atoms with Crippen molar-refractivity contribution in [2.24, 2.45) is 0 Å². The second-order valence-electron chi connectivity index (χ2n) is 2.48. The van der Waals surface area contributed by atoms with Crippen molar-refractivity contribution in [2.45, 2.75) is 12.0 Å². The van der Waals surface area contributed by atoms with Gasteiger partial charge in [-0.3, -0.25) is 0 Å². The van der Waals surface area contributed by atoms with Gasteiger partial charge >= 0.3 is 0 Å². The number of alkyl halides is 2. The molecule has 1 heterocycles. The fourth-order valence-electron chi connectivity index (χ4n) is 0.950. The van der Waals surface area contributed by atoms with Gasteiger partial charge in [0, 0.05) is 6.54 Å². The predicted octanol–water partition coefficient (Wildman–Crippen LogP) is -0.398. The van der Waals surface area contributed by atoms with E-state index in [1.54, 1.807) is 0 Å². The van der Waals surface area contributed by atoms with Crippen LogP contribution >= 0.6 is 0 Å². The first kappa shape index (κ1) is 8.83. The number of rotatable bonds is 1. The highest BCUT2D eigenvalue weighted by Gasteiger charge is 2.40. The van der Waals surface area contributed by atoms with E-state index in [1.165, 1.54) is 0 Å². The molecule has 0 aromatic rings. The standard InChI is InChI=1S/C6H11F2NO2/c7-6(8)4-9-1-2-11-5(6)3-10/h5,9-10H,1-4H2. The number of aliphatic hydroxyl groups is 1. The normalized spacial score (nSPS) is 31.4. The van der Waals surface area contributed by atoms with E-state index in [-0.39, 0.29) is 6.61 Å². The quantitative estimate of drug-likeness (QED) is 0.558. The first-order valence-electron chi connectivity index (χ1n) is 3.48. The molecular weight excluding hydrogens is 156 g/mol. The molecular formula is C6H11F2NO2. The van der Waals surface area contributed by atoms with Crippen molar-refractivity contribution in [3.05, 3.63) is 0 Å². The van der Waals surface area contributed by atoms with Crippen LogP contribution in [0.2, 0.25) is 0 Å². The van der Waals surface area contributed by atoms with Gasteiger partial charge in [-0.1, -0.05) is 0 Å². The van der Waals surface area contributed by atoms with Gasteiger partial charge < -0.3 is 15.2 Å². The van der Waals surface area contributed by atoms with Crippen LogP contribution in [0.25, 0.3) is 0 Å². The smallest absolute Gasteiger partial charge is 0.288 e. The third kappa shape index (κ3) is 2.08. The molecule has 66 valence electrons. The van der Waals surface area contributed by atoms with E-state index >= 15 is 0 Å². The number of aliphatic hydroxyl groups excluding tert-OH is 1. The van der Waals surface area contributed by atoms with Crippen molar-refractivity contribution in [1.82, 2.24) is 5.32 Å². The van der Waals surface area contributed by atoms with Crippen LogP contribution in [-0.2, 0) is 4.74 Å². The molecule has 0 aromatic heterocycles. The van der Waals surface area contributed by atoms with Gasteiger partial charge in [0.2, 0.25) is 0 Å². The zero-order valence-electron chi connectivity index (χ0n) is 6.02. The summed E-state index contributed by atoms with van der Waals surface area (Å²) in [7, 11) is 0. The van der Waals surface area contributed by atoms with Crippen molar-refractivity contribution in [3.63, 3.8) is 0 Å². The van der Waals surface area contributed by atoms with E-state index in [0.717, 1.165) is 0 Å². The maximum atomic E-state index is 12.8. The Morgan fingerprint density at radius 3 is 3.00 bits per heavy atom. The maximum absolute atomic E-state index is 12.8. The Morgan fingerprint density at radius 1 is 1.64 bits per heavy atom. The van der Waals surface area contributed by atoms with Crippen molar-refractivity contribution in [2.75, 3.05) is 26.3 Å². The summed E-state index contributed by atoms with van der Waals surface area (Å²) in [4.78, 5) is 0. The van der Waals surface area contributed by atoms with E-state index in [9.17, 15) is 8.78 Å². The fraction of sp³-hybridized carbons (Fsp3) is 1.00. The molecule has 3 nitrogen and oxygen atoms in total. The summed E-state index contributed by atoms with van der Waals surface area (Å²) in [6.45, 7) is -0.417. The molecule has 1 unspecified atom stereocenters. The number of hydrogen-bond acceptors (Lipinski definition) is 3. The van der Waals surface area contributed by atoms with E-state index in [2.05, 4.69) is 5.32 Å². The highest BCUT2D eigenvalue weighted by atomic mass is 19.3. The molecule has 1 fully saturated rings. The Hall–Kier alpha value is -0.260. The fourth-order valence-corrected chi connectivity index (χ4v) is 0.950. The lowest BCUT2D eigenvalue weighted by Crippen LogP contribution is -2.43. The largest absolute Gasteiger partial charge is 0.393 e. The van der Waals surface area contributed by atoms with Crippen LogP contribution in [0, 0.1) is 0 Å². The van der Waals surface area contributed by atoms with E-state index < -0.39 is 25.2 Å². The highest BCUT2D eigenvalue weighted by molar-refractivity contribution is 4.81. The Balaban J connectivity index is 2.56. The first-order chi connectivity index (χ1) is 5.17. The van der Waals surface area contributed by atoms with E-state index in [1.807, 2.05) is 0 Å². The molecule has 1 atom stereocenters. The molecule has 1 aliphatic rings. The van der Waals surface area contributed by atoms with Gasteiger partial charge in [-0.2, -0.15) is 0 Å². The summed E-state index contributed by atoms with van der Waals surface area (Å²) in [5.41, 5.74) is 0. The first-order valence-corrected chi connectivity index (χ1v) is 3.48. The minimum Gasteiger partial charge on any atom is -0.393 e. The summed E-state index contributed by atoms with van der Waals surface area (Å²) in [5.74, 6) is -2.95. The molecule has 1 rings (SSSR count). The van der Waals surface area contributed by atoms with Gasteiger partial charge in [0.05, 0.1) is 19.8 Å². The average Bonchev–Trinajstić information content (AvgIpc) is 2.10. The van der Waals surface area contributed by atoms with Crippen LogP contribution in [0.5, 0.6) is 0 Å². The molecule has 0 amide bonds. The van der Waals surface area contributed by atoms with Crippen LogP contribution in [0.3, 0.4) is 0 Å². The molecule has 2 N–H and O–H groups in total. The maximum Gasteiger partial charge on any atom is 0.288 e. The Labute approximate surface area is 63.3 Å². The zero-order chi connectivity index (χ0) is 8.32. The van der Waals surface area contributed by atoms with E-state index in [0.29, 0.717) is 6.54 Å². The monoisotopic (exact) mass is 167 g/mol. The zero-order valence-corrected chi connectivity index (χ0v) is 6.02. The van der Waals surface area contributed by atoms with Gasteiger partial charge in [0.15, 0.2) is 0 Å². The lowest BCUT2D eigenvalue weighted by Gasteiger charge is -2.21. The van der Waals surface area contributed by atoms with Crippen molar-refractivity contribution < 1.29 is 18.6 Å². The Bertz CT molecular complexity index is 132. The summed E-state index contributed by atoms with van der Waals surface area (Å²) >= 11 is 0. The second kappa shape index (κ2) is 3.42. The molecule has 0 aliphatic carbocycles. The molecule has 11 heavy (non-hydrogen) atoms. The minimum absolute atomic E-state index is 0.223. The Kier molecular flexibility index (Phi) is 2.75. The van der Waals surface area contributed by atoms with Crippen molar-refractivity contribution in [3.8, 4) is 0 Å². The van der Waals surface area contributed by atoms with E-state index in [4.69, 9.17) is 9.84 Å². The summed E-state index contributed by atoms with van der Waals surface area (Å²) in [5, 5.41) is 11.0. The molecule has 5 heteroatoms. The summed E-state index contributed by atoms with van der Waals surface area (Å²) in [6, 6.07) is 0. The molecule has 0 bridgehead atoms. The van der Waals surface area contributed by atoms with Crippen molar-refractivity contribution in [1.29, 1.82) is 0 Å². The third-order valence-corrected chi connectivity index (χ3v) is 1.60. The predicted molar refractivity (Wildman–Crippen MR) is 34.6 cm³/mol. The number of nitrogens with one attached hydrogen (secondary N) is 1. The molecule has 0 aromatic carbocycles. The van der Waals surface area contributed by atoms with Crippen molar-refractivity contribution >= 4 is 0 Å². The van der Waals surface area contributed by atoms with Crippen LogP contribution < -0.4 is 5.32 Å². The van der Waals surface area contributed by atoms with Gasteiger partial charge in [0.1, 0.15) is 6.10 Å². The molecule has 0 spiro atoms. The van der Waals surface area contributed by atoms with Crippen LogP contribution in [0.1, 0.15) is 0 Å². The van der Waals surface area contributed by atoms with Gasteiger partial charge in [-0.25, -0.2) is 8.78 Å².